The number of nitrogens with zero attached hydrogens (tertiary/aromatic N) is 1. The van der Waals surface area contributed by atoms with E-state index in [2.05, 4.69) is 4.98 Å². The molecule has 0 fully saturated rings. The van der Waals surface area contributed by atoms with Crippen molar-refractivity contribution in [2.45, 2.75) is 33.3 Å². The van der Waals surface area contributed by atoms with Gasteiger partial charge in [-0.1, -0.05) is 0 Å². The minimum absolute atomic E-state index is 0.575. The molecule has 114 valence electrons. The molecule has 5 heteroatoms. The molecule has 0 radical (unpaired) electrons. The van der Waals surface area contributed by atoms with Gasteiger partial charge in [0.2, 0.25) is 0 Å². The van der Waals surface area contributed by atoms with Crippen LogP contribution in [0, 0.1) is 6.92 Å². The van der Waals surface area contributed by atoms with E-state index in [0.29, 0.717) is 18.1 Å². The number of hydrogen-bond donors (Lipinski definition) is 1. The van der Waals surface area contributed by atoms with Gasteiger partial charge in [-0.25, -0.2) is 4.98 Å². The van der Waals surface area contributed by atoms with E-state index in [9.17, 15) is 5.11 Å². The van der Waals surface area contributed by atoms with Crippen LogP contribution in [0.4, 0.5) is 0 Å². The van der Waals surface area contributed by atoms with Gasteiger partial charge < -0.3 is 14.6 Å². The second kappa shape index (κ2) is 6.03. The molecule has 2 rings (SSSR count). The number of thiazole rings is 1. The Balaban J connectivity index is 2.45. The fourth-order valence-electron chi connectivity index (χ4n) is 2.17. The van der Waals surface area contributed by atoms with Crippen molar-refractivity contribution >= 4 is 11.3 Å². The molecule has 0 aliphatic rings. The first kappa shape index (κ1) is 15.8. The Labute approximate surface area is 129 Å². The number of ether oxygens (including phenoxy) is 2. The highest BCUT2D eigenvalue weighted by molar-refractivity contribution is 7.15. The molecular formula is C16H21NO3S. The largest absolute Gasteiger partial charge is 0.493 e. The summed E-state index contributed by atoms with van der Waals surface area (Å²) >= 11 is 1.50. The summed E-state index contributed by atoms with van der Waals surface area (Å²) in [6, 6.07) is 5.75. The summed E-state index contributed by atoms with van der Waals surface area (Å²) in [6.07, 6.45) is 0. The molecule has 1 heterocycles. The first-order chi connectivity index (χ1) is 9.86. The fourth-order valence-corrected chi connectivity index (χ4v) is 3.23. The first-order valence-corrected chi connectivity index (χ1v) is 7.70. The summed E-state index contributed by atoms with van der Waals surface area (Å²) in [4.78, 5) is 5.45. The van der Waals surface area contributed by atoms with E-state index in [1.807, 2.05) is 32.0 Å². The third-order valence-corrected chi connectivity index (χ3v) is 4.58. The van der Waals surface area contributed by atoms with Crippen LogP contribution in [0.25, 0.3) is 10.6 Å². The molecule has 0 aliphatic carbocycles. The summed E-state index contributed by atoms with van der Waals surface area (Å²) in [6.45, 7) is 7.98. The standard InChI is InChI=1S/C16H21NO3S/c1-6-20-13-9-11(7-8-12(13)19-5)15-17-10(2)14(21-15)16(3,4)18/h7-9,18H,6H2,1-5H3. The molecule has 0 saturated heterocycles. The van der Waals surface area contributed by atoms with E-state index < -0.39 is 5.60 Å². The summed E-state index contributed by atoms with van der Waals surface area (Å²) < 4.78 is 10.9. The van der Waals surface area contributed by atoms with Crippen molar-refractivity contribution in [1.82, 2.24) is 4.98 Å². The zero-order chi connectivity index (χ0) is 15.6. The van der Waals surface area contributed by atoms with Crippen LogP contribution in [0.15, 0.2) is 18.2 Å². The van der Waals surface area contributed by atoms with Crippen molar-refractivity contribution in [3.8, 4) is 22.1 Å². The average Bonchev–Trinajstić information content (AvgIpc) is 2.81. The zero-order valence-electron chi connectivity index (χ0n) is 13.1. The Morgan fingerprint density at radius 3 is 2.52 bits per heavy atom. The van der Waals surface area contributed by atoms with E-state index in [1.54, 1.807) is 21.0 Å². The van der Waals surface area contributed by atoms with Crippen molar-refractivity contribution in [2.24, 2.45) is 0 Å². The molecule has 0 saturated carbocycles. The first-order valence-electron chi connectivity index (χ1n) is 6.88. The maximum absolute atomic E-state index is 10.2. The van der Waals surface area contributed by atoms with Crippen LogP contribution in [0.3, 0.4) is 0 Å². The van der Waals surface area contributed by atoms with Crippen molar-refractivity contribution in [3.63, 3.8) is 0 Å². The molecular weight excluding hydrogens is 286 g/mol. The van der Waals surface area contributed by atoms with Gasteiger partial charge in [-0.3, -0.25) is 0 Å². The molecule has 21 heavy (non-hydrogen) atoms. The van der Waals surface area contributed by atoms with Crippen LogP contribution < -0.4 is 9.47 Å². The smallest absolute Gasteiger partial charge is 0.161 e. The third kappa shape index (κ3) is 3.36. The van der Waals surface area contributed by atoms with Crippen LogP contribution >= 0.6 is 11.3 Å². The van der Waals surface area contributed by atoms with Crippen molar-refractivity contribution in [2.75, 3.05) is 13.7 Å². The van der Waals surface area contributed by atoms with Gasteiger partial charge in [0, 0.05) is 5.56 Å². The third-order valence-electron chi connectivity index (χ3n) is 3.06. The van der Waals surface area contributed by atoms with Crippen LogP contribution in [-0.4, -0.2) is 23.8 Å². The van der Waals surface area contributed by atoms with Gasteiger partial charge in [0.15, 0.2) is 11.5 Å². The number of aryl methyl sites for hydroxylation is 1. The SMILES string of the molecule is CCOc1cc(-c2nc(C)c(C(C)(C)O)s2)ccc1OC. The monoisotopic (exact) mass is 307 g/mol. The predicted molar refractivity (Wildman–Crippen MR) is 85.3 cm³/mol. The Morgan fingerprint density at radius 1 is 1.29 bits per heavy atom. The highest BCUT2D eigenvalue weighted by Gasteiger charge is 2.23. The molecule has 0 amide bonds. The lowest BCUT2D eigenvalue weighted by Gasteiger charge is -2.15. The van der Waals surface area contributed by atoms with Crippen LogP contribution in [0.2, 0.25) is 0 Å². The van der Waals surface area contributed by atoms with Gasteiger partial charge in [0.05, 0.1) is 29.9 Å². The highest BCUT2D eigenvalue weighted by atomic mass is 32.1. The summed E-state index contributed by atoms with van der Waals surface area (Å²) in [5, 5.41) is 11.0. The summed E-state index contributed by atoms with van der Waals surface area (Å²) in [5.41, 5.74) is 0.939. The van der Waals surface area contributed by atoms with Gasteiger partial charge in [-0.2, -0.15) is 0 Å². The normalized spacial score (nSPS) is 11.5. The number of aromatic nitrogens is 1. The Kier molecular flexibility index (Phi) is 4.54. The highest BCUT2D eigenvalue weighted by Crippen LogP contribution is 2.38. The van der Waals surface area contributed by atoms with Gasteiger partial charge in [-0.15, -0.1) is 11.3 Å². The van der Waals surface area contributed by atoms with Crippen molar-refractivity contribution < 1.29 is 14.6 Å². The number of methoxy groups -OCH3 is 1. The average molecular weight is 307 g/mol. The molecule has 0 aliphatic heterocycles. The minimum atomic E-state index is -0.880. The topological polar surface area (TPSA) is 51.6 Å². The molecule has 2 aromatic rings. The second-order valence-corrected chi connectivity index (χ2v) is 6.29. The molecule has 4 nitrogen and oxygen atoms in total. The zero-order valence-corrected chi connectivity index (χ0v) is 13.9. The van der Waals surface area contributed by atoms with E-state index in [0.717, 1.165) is 21.1 Å². The van der Waals surface area contributed by atoms with E-state index >= 15 is 0 Å². The maximum Gasteiger partial charge on any atom is 0.161 e. The Bertz CT molecular complexity index is 629. The summed E-state index contributed by atoms with van der Waals surface area (Å²) in [7, 11) is 1.62. The number of hydrogen-bond acceptors (Lipinski definition) is 5. The molecule has 0 unspecified atom stereocenters. The molecule has 0 atom stereocenters. The number of benzene rings is 1. The van der Waals surface area contributed by atoms with Crippen molar-refractivity contribution in [1.29, 1.82) is 0 Å². The minimum Gasteiger partial charge on any atom is -0.493 e. The number of aliphatic hydroxyl groups is 1. The van der Waals surface area contributed by atoms with E-state index in [4.69, 9.17) is 9.47 Å². The molecule has 0 spiro atoms. The molecule has 1 N–H and O–H groups in total. The molecule has 1 aromatic heterocycles. The van der Waals surface area contributed by atoms with Gasteiger partial charge >= 0.3 is 0 Å². The fraction of sp³-hybridized carbons (Fsp3) is 0.438. The Hall–Kier alpha value is -1.59. The van der Waals surface area contributed by atoms with Crippen LogP contribution in [0.5, 0.6) is 11.5 Å². The molecule has 0 bridgehead atoms. The van der Waals surface area contributed by atoms with Gasteiger partial charge in [-0.05, 0) is 45.9 Å². The van der Waals surface area contributed by atoms with Crippen molar-refractivity contribution in [3.05, 3.63) is 28.8 Å². The lowest BCUT2D eigenvalue weighted by Crippen LogP contribution is -2.14. The van der Waals surface area contributed by atoms with Crippen LogP contribution in [-0.2, 0) is 5.60 Å². The van der Waals surface area contributed by atoms with E-state index in [1.165, 1.54) is 11.3 Å². The maximum atomic E-state index is 10.2. The van der Waals surface area contributed by atoms with Crippen LogP contribution in [0.1, 0.15) is 31.3 Å². The van der Waals surface area contributed by atoms with E-state index in [-0.39, 0.29) is 0 Å². The lowest BCUT2D eigenvalue weighted by atomic mass is 10.1. The number of rotatable bonds is 5. The van der Waals surface area contributed by atoms with Gasteiger partial charge in [0.25, 0.3) is 0 Å². The quantitative estimate of drug-likeness (QED) is 0.914. The molecule has 1 aromatic carbocycles. The Morgan fingerprint density at radius 2 is 2.00 bits per heavy atom. The predicted octanol–water partition coefficient (Wildman–Crippen LogP) is 3.75. The van der Waals surface area contributed by atoms with Gasteiger partial charge in [0.1, 0.15) is 5.01 Å². The summed E-state index contributed by atoms with van der Waals surface area (Å²) in [5.74, 6) is 1.41. The lowest BCUT2D eigenvalue weighted by molar-refractivity contribution is 0.0817. The second-order valence-electron chi connectivity index (χ2n) is 5.29.